The number of amides is 1. The first-order valence-corrected chi connectivity index (χ1v) is 7.86. The van der Waals surface area contributed by atoms with Crippen molar-refractivity contribution in [2.45, 2.75) is 25.9 Å². The van der Waals surface area contributed by atoms with Gasteiger partial charge in [-0.2, -0.15) is 0 Å². The lowest BCUT2D eigenvalue weighted by Gasteiger charge is -2.17. The predicted molar refractivity (Wildman–Crippen MR) is 90.8 cm³/mol. The monoisotopic (exact) mass is 316 g/mol. The minimum atomic E-state index is -0.00988. The van der Waals surface area contributed by atoms with Crippen LogP contribution < -0.4 is 10.6 Å². The molecule has 0 aliphatic heterocycles. The van der Waals surface area contributed by atoms with Crippen LogP contribution in [-0.2, 0) is 11.3 Å². The van der Waals surface area contributed by atoms with Gasteiger partial charge in [0.1, 0.15) is 0 Å². The predicted octanol–water partition coefficient (Wildman–Crippen LogP) is 3.70. The van der Waals surface area contributed by atoms with E-state index < -0.39 is 0 Å². The van der Waals surface area contributed by atoms with E-state index in [1.807, 2.05) is 54.6 Å². The molecule has 1 unspecified atom stereocenters. The molecule has 0 aromatic heterocycles. The van der Waals surface area contributed by atoms with Crippen LogP contribution in [0.25, 0.3) is 0 Å². The molecule has 0 radical (unpaired) electrons. The summed E-state index contributed by atoms with van der Waals surface area (Å²) < 4.78 is 0. The second kappa shape index (κ2) is 8.57. The maximum Gasteiger partial charge on any atom is 0.234 e. The van der Waals surface area contributed by atoms with Gasteiger partial charge in [-0.3, -0.25) is 4.79 Å². The van der Waals surface area contributed by atoms with Crippen molar-refractivity contribution >= 4 is 17.5 Å². The lowest BCUT2D eigenvalue weighted by Crippen LogP contribution is -2.35. The Morgan fingerprint density at radius 1 is 1.14 bits per heavy atom. The Morgan fingerprint density at radius 3 is 2.59 bits per heavy atom. The molecule has 0 aliphatic carbocycles. The molecule has 0 saturated heterocycles. The van der Waals surface area contributed by atoms with Crippen molar-refractivity contribution < 1.29 is 4.79 Å². The van der Waals surface area contributed by atoms with Crippen molar-refractivity contribution in [1.82, 2.24) is 10.6 Å². The molecule has 22 heavy (non-hydrogen) atoms. The van der Waals surface area contributed by atoms with Crippen LogP contribution >= 0.6 is 11.6 Å². The third kappa shape index (κ3) is 5.17. The van der Waals surface area contributed by atoms with Gasteiger partial charge in [-0.1, -0.05) is 61.0 Å². The van der Waals surface area contributed by atoms with E-state index in [1.165, 1.54) is 0 Å². The Balaban J connectivity index is 1.81. The van der Waals surface area contributed by atoms with Gasteiger partial charge in [-0.25, -0.2) is 0 Å². The van der Waals surface area contributed by atoms with Crippen molar-refractivity contribution in [1.29, 1.82) is 0 Å². The molecule has 0 heterocycles. The molecule has 2 N–H and O–H groups in total. The van der Waals surface area contributed by atoms with Crippen LogP contribution in [0.5, 0.6) is 0 Å². The van der Waals surface area contributed by atoms with Crippen LogP contribution in [0.4, 0.5) is 0 Å². The second-order valence-electron chi connectivity index (χ2n) is 5.16. The number of hydrogen-bond acceptors (Lipinski definition) is 2. The highest BCUT2D eigenvalue weighted by Gasteiger charge is 2.11. The van der Waals surface area contributed by atoms with Crippen molar-refractivity contribution in [3.05, 3.63) is 70.7 Å². The normalized spacial score (nSPS) is 11.9. The zero-order chi connectivity index (χ0) is 15.8. The summed E-state index contributed by atoms with van der Waals surface area (Å²) in [5.74, 6) is -0.00988. The van der Waals surface area contributed by atoms with Crippen LogP contribution in [0.3, 0.4) is 0 Å². The third-order valence-corrected chi connectivity index (χ3v) is 3.74. The zero-order valence-electron chi connectivity index (χ0n) is 12.7. The molecule has 1 atom stereocenters. The van der Waals surface area contributed by atoms with Gasteiger partial charge in [0, 0.05) is 17.6 Å². The molecule has 2 aromatic rings. The highest BCUT2D eigenvalue weighted by Crippen LogP contribution is 2.19. The summed E-state index contributed by atoms with van der Waals surface area (Å²) in [5, 5.41) is 6.91. The summed E-state index contributed by atoms with van der Waals surface area (Å²) in [6, 6.07) is 17.7. The van der Waals surface area contributed by atoms with Gasteiger partial charge in [-0.05, 0) is 29.7 Å². The molecular formula is C18H21ClN2O. The van der Waals surface area contributed by atoms with Crippen LogP contribution in [-0.4, -0.2) is 12.5 Å². The molecule has 0 bridgehead atoms. The van der Waals surface area contributed by atoms with Crippen molar-refractivity contribution in [2.75, 3.05) is 6.54 Å². The smallest absolute Gasteiger partial charge is 0.234 e. The Kier molecular flexibility index (Phi) is 6.44. The summed E-state index contributed by atoms with van der Waals surface area (Å²) in [6.45, 7) is 2.92. The molecule has 0 spiro atoms. The first kappa shape index (κ1) is 16.5. The fourth-order valence-electron chi connectivity index (χ4n) is 2.30. The summed E-state index contributed by atoms with van der Waals surface area (Å²) in [5.41, 5.74) is 2.20. The van der Waals surface area contributed by atoms with Gasteiger partial charge >= 0.3 is 0 Å². The van der Waals surface area contributed by atoms with Crippen molar-refractivity contribution in [3.63, 3.8) is 0 Å². The lowest BCUT2D eigenvalue weighted by atomic mass is 10.0. The summed E-state index contributed by atoms with van der Waals surface area (Å²) in [6.07, 6.45) is 0.895. The maximum atomic E-state index is 11.9. The Morgan fingerprint density at radius 2 is 1.91 bits per heavy atom. The number of carbonyl (C=O) groups excluding carboxylic acids is 1. The van der Waals surface area contributed by atoms with Gasteiger partial charge in [0.2, 0.25) is 5.91 Å². The number of carbonyl (C=O) groups is 1. The number of benzene rings is 2. The quantitative estimate of drug-likeness (QED) is 0.818. The second-order valence-corrected chi connectivity index (χ2v) is 5.60. The van der Waals surface area contributed by atoms with Crippen LogP contribution in [0.1, 0.15) is 30.5 Å². The van der Waals surface area contributed by atoms with E-state index in [0.29, 0.717) is 11.6 Å². The van der Waals surface area contributed by atoms with Gasteiger partial charge in [0.05, 0.1) is 6.54 Å². The Labute approximate surface area is 136 Å². The minimum absolute atomic E-state index is 0.00988. The molecule has 1 amide bonds. The molecule has 2 aromatic carbocycles. The molecule has 0 saturated carbocycles. The Hall–Kier alpha value is -1.84. The number of hydrogen-bond donors (Lipinski definition) is 2. The summed E-state index contributed by atoms with van der Waals surface area (Å²) in [4.78, 5) is 11.9. The first-order valence-electron chi connectivity index (χ1n) is 7.48. The molecule has 2 rings (SSSR count). The van der Waals surface area contributed by atoms with Crippen molar-refractivity contribution in [2.24, 2.45) is 0 Å². The molecule has 0 fully saturated rings. The average Bonchev–Trinajstić information content (AvgIpc) is 2.54. The first-order chi connectivity index (χ1) is 10.7. The highest BCUT2D eigenvalue weighted by molar-refractivity contribution is 6.30. The van der Waals surface area contributed by atoms with Gasteiger partial charge in [-0.15, -0.1) is 0 Å². The van der Waals surface area contributed by atoms with Crippen LogP contribution in [0.15, 0.2) is 54.6 Å². The number of nitrogens with one attached hydrogen (secondary N) is 2. The molecular weight excluding hydrogens is 296 g/mol. The van der Waals surface area contributed by atoms with E-state index in [9.17, 15) is 4.79 Å². The van der Waals surface area contributed by atoms with Crippen molar-refractivity contribution in [3.8, 4) is 0 Å². The van der Waals surface area contributed by atoms with E-state index in [-0.39, 0.29) is 18.5 Å². The lowest BCUT2D eigenvalue weighted by molar-refractivity contribution is -0.120. The van der Waals surface area contributed by atoms with E-state index in [2.05, 4.69) is 17.6 Å². The summed E-state index contributed by atoms with van der Waals surface area (Å²) in [7, 11) is 0. The van der Waals surface area contributed by atoms with Crippen LogP contribution in [0, 0.1) is 0 Å². The number of rotatable bonds is 7. The average molecular weight is 317 g/mol. The Bertz CT molecular complexity index is 601. The summed E-state index contributed by atoms with van der Waals surface area (Å²) >= 11 is 6.02. The SMILES string of the molecule is CCC(NCC(=O)NCc1ccccc1)c1cccc(Cl)c1. The van der Waals surface area contributed by atoms with E-state index >= 15 is 0 Å². The highest BCUT2D eigenvalue weighted by atomic mass is 35.5. The van der Waals surface area contributed by atoms with Gasteiger partial charge in [0.25, 0.3) is 0 Å². The van der Waals surface area contributed by atoms with Gasteiger partial charge in [0.15, 0.2) is 0 Å². The molecule has 3 nitrogen and oxygen atoms in total. The van der Waals surface area contributed by atoms with Gasteiger partial charge < -0.3 is 10.6 Å². The minimum Gasteiger partial charge on any atom is -0.351 e. The number of halogens is 1. The fraction of sp³-hybridized carbons (Fsp3) is 0.278. The fourth-order valence-corrected chi connectivity index (χ4v) is 2.49. The van der Waals surface area contributed by atoms with E-state index in [4.69, 9.17) is 11.6 Å². The largest absolute Gasteiger partial charge is 0.351 e. The topological polar surface area (TPSA) is 41.1 Å². The zero-order valence-corrected chi connectivity index (χ0v) is 13.4. The van der Waals surface area contributed by atoms with E-state index in [0.717, 1.165) is 17.5 Å². The molecule has 0 aliphatic rings. The standard InChI is InChI=1S/C18H21ClN2O/c1-2-17(15-9-6-10-16(19)11-15)20-13-18(22)21-12-14-7-4-3-5-8-14/h3-11,17,20H,2,12-13H2,1H3,(H,21,22). The third-order valence-electron chi connectivity index (χ3n) is 3.50. The maximum absolute atomic E-state index is 11.9. The van der Waals surface area contributed by atoms with Crippen LogP contribution in [0.2, 0.25) is 5.02 Å². The molecule has 116 valence electrons. The molecule has 4 heteroatoms. The van der Waals surface area contributed by atoms with E-state index in [1.54, 1.807) is 0 Å².